The van der Waals surface area contributed by atoms with Gasteiger partial charge in [0.15, 0.2) is 5.16 Å². The van der Waals surface area contributed by atoms with Crippen molar-refractivity contribution in [3.63, 3.8) is 0 Å². The number of fused-ring (bicyclic) bond motifs is 3. The Morgan fingerprint density at radius 2 is 1.94 bits per heavy atom. The van der Waals surface area contributed by atoms with Crippen LogP contribution in [0, 0.1) is 0 Å². The van der Waals surface area contributed by atoms with Gasteiger partial charge in [0.1, 0.15) is 4.83 Å². The van der Waals surface area contributed by atoms with Gasteiger partial charge in [-0.25, -0.2) is 4.98 Å². The first kappa shape index (κ1) is 24.5. The summed E-state index contributed by atoms with van der Waals surface area (Å²) in [5.41, 5.74) is 2.37. The molecule has 4 rings (SSSR count). The third kappa shape index (κ3) is 5.36. The number of benzene rings is 1. The van der Waals surface area contributed by atoms with Crippen LogP contribution in [0.15, 0.2) is 34.2 Å². The van der Waals surface area contributed by atoms with Crippen molar-refractivity contribution in [3.05, 3.63) is 50.6 Å². The van der Waals surface area contributed by atoms with E-state index < -0.39 is 0 Å². The summed E-state index contributed by atoms with van der Waals surface area (Å²) >= 11 is 2.93. The molecule has 0 bridgehead atoms. The lowest BCUT2D eigenvalue weighted by Crippen LogP contribution is -2.24. The minimum atomic E-state index is -0.182. The maximum absolute atomic E-state index is 13.5. The lowest BCUT2D eigenvalue weighted by atomic mass is 10.2. The fourth-order valence-electron chi connectivity index (χ4n) is 4.24. The van der Waals surface area contributed by atoms with Crippen LogP contribution in [0.3, 0.4) is 0 Å². The SMILES string of the molecule is CCCCCCn1c(SCC(=O)Nc2ccc(C(=O)NC)cc2)nc2sc3c(c2c1=O)CCC3. The minimum absolute atomic E-state index is 0.0357. The highest BCUT2D eigenvalue weighted by Gasteiger charge is 2.23. The van der Waals surface area contributed by atoms with Crippen LogP contribution >= 0.6 is 23.1 Å². The van der Waals surface area contributed by atoms with Crippen LogP contribution in [0.1, 0.15) is 59.8 Å². The lowest BCUT2D eigenvalue weighted by molar-refractivity contribution is -0.113. The van der Waals surface area contributed by atoms with Crippen LogP contribution in [0.2, 0.25) is 0 Å². The normalized spacial score (nSPS) is 12.6. The molecule has 3 aromatic rings. The number of carbonyl (C=O) groups excluding carboxylic acids is 2. The molecule has 7 nitrogen and oxygen atoms in total. The molecule has 9 heteroatoms. The number of amides is 2. The monoisotopic (exact) mass is 498 g/mol. The molecule has 0 fully saturated rings. The van der Waals surface area contributed by atoms with E-state index in [1.807, 2.05) is 0 Å². The van der Waals surface area contributed by atoms with E-state index in [0.29, 0.717) is 23.0 Å². The van der Waals surface area contributed by atoms with Crippen molar-refractivity contribution in [3.8, 4) is 0 Å². The zero-order chi connectivity index (χ0) is 24.1. The number of aryl methyl sites for hydroxylation is 2. The van der Waals surface area contributed by atoms with Crippen molar-refractivity contribution in [1.29, 1.82) is 0 Å². The highest BCUT2D eigenvalue weighted by Crippen LogP contribution is 2.35. The number of thioether (sulfide) groups is 1. The number of hydrogen-bond donors (Lipinski definition) is 2. The molecule has 0 aliphatic heterocycles. The van der Waals surface area contributed by atoms with Crippen LogP contribution < -0.4 is 16.2 Å². The molecular formula is C25H30N4O3S2. The highest BCUT2D eigenvalue weighted by atomic mass is 32.2. The Bertz CT molecular complexity index is 1250. The van der Waals surface area contributed by atoms with E-state index in [1.54, 1.807) is 47.2 Å². The number of hydrogen-bond acceptors (Lipinski definition) is 6. The number of thiophene rings is 1. The maximum Gasteiger partial charge on any atom is 0.263 e. The smallest absolute Gasteiger partial charge is 0.263 e. The van der Waals surface area contributed by atoms with E-state index in [0.717, 1.165) is 55.2 Å². The lowest BCUT2D eigenvalue weighted by Gasteiger charge is -2.12. The van der Waals surface area contributed by atoms with Crippen LogP contribution in [-0.4, -0.2) is 34.2 Å². The molecule has 0 spiro atoms. The first-order valence-corrected chi connectivity index (χ1v) is 13.6. The Hall–Kier alpha value is -2.65. The molecule has 0 atom stereocenters. The van der Waals surface area contributed by atoms with Gasteiger partial charge in [-0.2, -0.15) is 0 Å². The standard InChI is InChI=1S/C25H30N4O3S2/c1-3-4-5-6-14-29-24(32)21-18-8-7-9-19(18)34-23(21)28-25(29)33-15-20(30)27-17-12-10-16(11-13-17)22(31)26-2/h10-13H,3-9,14-15H2,1-2H3,(H,26,31)(H,27,30). The van der Waals surface area contributed by atoms with E-state index in [2.05, 4.69) is 17.6 Å². The summed E-state index contributed by atoms with van der Waals surface area (Å²) in [6.45, 7) is 2.79. The van der Waals surface area contributed by atoms with Gasteiger partial charge in [0.2, 0.25) is 5.91 Å². The number of unbranched alkanes of at least 4 members (excludes halogenated alkanes) is 3. The van der Waals surface area contributed by atoms with Crippen LogP contribution in [0.5, 0.6) is 0 Å². The quantitative estimate of drug-likeness (QED) is 0.242. The molecule has 1 aromatic carbocycles. The van der Waals surface area contributed by atoms with E-state index in [9.17, 15) is 14.4 Å². The Kier molecular flexibility index (Phi) is 8.05. The van der Waals surface area contributed by atoms with Gasteiger partial charge in [-0.3, -0.25) is 19.0 Å². The van der Waals surface area contributed by atoms with Gasteiger partial charge in [0.05, 0.1) is 11.1 Å². The van der Waals surface area contributed by atoms with Gasteiger partial charge in [0, 0.05) is 29.7 Å². The van der Waals surface area contributed by atoms with E-state index in [4.69, 9.17) is 4.98 Å². The zero-order valence-corrected chi connectivity index (χ0v) is 21.2. The maximum atomic E-state index is 13.5. The van der Waals surface area contributed by atoms with Gasteiger partial charge in [-0.1, -0.05) is 37.9 Å². The Morgan fingerprint density at radius 3 is 2.68 bits per heavy atom. The summed E-state index contributed by atoms with van der Waals surface area (Å²) in [6, 6.07) is 6.74. The molecule has 2 amide bonds. The fourth-order valence-corrected chi connectivity index (χ4v) is 6.37. The van der Waals surface area contributed by atoms with Crippen molar-refractivity contribution in [2.45, 2.75) is 63.6 Å². The number of anilines is 1. The van der Waals surface area contributed by atoms with E-state index in [-0.39, 0.29) is 23.1 Å². The largest absolute Gasteiger partial charge is 0.355 e. The molecule has 2 heterocycles. The number of rotatable bonds is 10. The topological polar surface area (TPSA) is 93.1 Å². The molecule has 0 radical (unpaired) electrons. The van der Waals surface area contributed by atoms with Crippen molar-refractivity contribution in [1.82, 2.24) is 14.9 Å². The van der Waals surface area contributed by atoms with Crippen LogP contribution in [-0.2, 0) is 24.2 Å². The Labute approximate surface area is 207 Å². The molecule has 0 saturated heterocycles. The van der Waals surface area contributed by atoms with E-state index in [1.165, 1.54) is 22.2 Å². The highest BCUT2D eigenvalue weighted by molar-refractivity contribution is 7.99. The van der Waals surface area contributed by atoms with Gasteiger partial charge < -0.3 is 10.6 Å². The Balaban J connectivity index is 1.50. The zero-order valence-electron chi connectivity index (χ0n) is 19.6. The second-order valence-corrected chi connectivity index (χ2v) is 10.5. The van der Waals surface area contributed by atoms with Crippen molar-refractivity contribution in [2.24, 2.45) is 0 Å². The fraction of sp³-hybridized carbons (Fsp3) is 0.440. The van der Waals surface area contributed by atoms with Crippen molar-refractivity contribution in [2.75, 3.05) is 18.1 Å². The summed E-state index contributed by atoms with van der Waals surface area (Å²) in [4.78, 5) is 44.7. The Morgan fingerprint density at radius 1 is 1.15 bits per heavy atom. The second kappa shape index (κ2) is 11.2. The van der Waals surface area contributed by atoms with E-state index >= 15 is 0 Å². The van der Waals surface area contributed by atoms with Gasteiger partial charge in [-0.15, -0.1) is 11.3 Å². The molecule has 0 unspecified atom stereocenters. The van der Waals surface area contributed by atoms with Gasteiger partial charge in [0.25, 0.3) is 11.5 Å². The molecular weight excluding hydrogens is 468 g/mol. The summed E-state index contributed by atoms with van der Waals surface area (Å²) < 4.78 is 1.78. The van der Waals surface area contributed by atoms with Gasteiger partial charge in [-0.05, 0) is 55.5 Å². The third-order valence-corrected chi connectivity index (χ3v) is 8.18. The van der Waals surface area contributed by atoms with Crippen molar-refractivity contribution < 1.29 is 9.59 Å². The summed E-state index contributed by atoms with van der Waals surface area (Å²) in [5, 5.41) is 6.83. The third-order valence-electron chi connectivity index (χ3n) is 6.02. The second-order valence-electron chi connectivity index (χ2n) is 8.44. The van der Waals surface area contributed by atoms with Crippen molar-refractivity contribution >= 4 is 50.8 Å². The minimum Gasteiger partial charge on any atom is -0.355 e. The molecule has 0 saturated carbocycles. The molecule has 2 aromatic heterocycles. The predicted octanol–water partition coefficient (Wildman–Crippen LogP) is 4.62. The summed E-state index contributed by atoms with van der Waals surface area (Å²) in [7, 11) is 1.58. The average molecular weight is 499 g/mol. The first-order valence-electron chi connectivity index (χ1n) is 11.8. The first-order chi connectivity index (χ1) is 16.5. The summed E-state index contributed by atoms with van der Waals surface area (Å²) in [6.07, 6.45) is 7.35. The number of nitrogens with zero attached hydrogens (tertiary/aromatic N) is 2. The number of carbonyl (C=O) groups is 2. The molecule has 34 heavy (non-hydrogen) atoms. The average Bonchev–Trinajstić information content (AvgIpc) is 3.43. The number of aromatic nitrogens is 2. The molecule has 1 aliphatic rings. The molecule has 180 valence electrons. The molecule has 2 N–H and O–H groups in total. The van der Waals surface area contributed by atoms with Crippen LogP contribution in [0.4, 0.5) is 5.69 Å². The summed E-state index contributed by atoms with van der Waals surface area (Å²) in [5.74, 6) is -0.209. The van der Waals surface area contributed by atoms with Gasteiger partial charge >= 0.3 is 0 Å². The predicted molar refractivity (Wildman–Crippen MR) is 139 cm³/mol. The van der Waals surface area contributed by atoms with Crippen LogP contribution in [0.25, 0.3) is 10.2 Å². The molecule has 1 aliphatic carbocycles. The number of nitrogens with one attached hydrogen (secondary N) is 2.